The van der Waals surface area contributed by atoms with Crippen LogP contribution in [0, 0.1) is 0 Å². The fraction of sp³-hybridized carbons (Fsp3) is 0.471. The van der Waals surface area contributed by atoms with Gasteiger partial charge < -0.3 is 9.47 Å². The predicted molar refractivity (Wildman–Crippen MR) is 171 cm³/mol. The summed E-state index contributed by atoms with van der Waals surface area (Å²) >= 11 is 7.60. The number of hydrogen-bond acceptors (Lipinski definition) is 5. The minimum Gasteiger partial charge on any atom is -0.490 e. The second kappa shape index (κ2) is 14.5. The maximum atomic E-state index is 13.9. The van der Waals surface area contributed by atoms with E-state index >= 15 is 0 Å². The molecule has 1 amide bonds. The molecule has 0 unspecified atom stereocenters. The van der Waals surface area contributed by atoms with Crippen molar-refractivity contribution in [3.05, 3.63) is 75.7 Å². The highest BCUT2D eigenvalue weighted by Crippen LogP contribution is 2.40. The highest BCUT2D eigenvalue weighted by atomic mass is 35.5. The summed E-state index contributed by atoms with van der Waals surface area (Å²) in [7, 11) is 0. The lowest BCUT2D eigenvalue weighted by Gasteiger charge is -2.31. The van der Waals surface area contributed by atoms with Gasteiger partial charge in [-0.2, -0.15) is 0 Å². The third-order valence-corrected chi connectivity index (χ3v) is 9.31. The van der Waals surface area contributed by atoms with Crippen LogP contribution in [-0.2, 0) is 17.8 Å². The smallest absolute Gasteiger partial charge is 0.266 e. The summed E-state index contributed by atoms with van der Waals surface area (Å²) in [4.78, 5) is 21.8. The summed E-state index contributed by atoms with van der Waals surface area (Å²) in [6.45, 7) is 6.83. The number of nitrogens with zero attached hydrogens (tertiary/aromatic N) is 2. The number of rotatable bonds is 10. The molecular formula is C34H41ClN2O3S. The lowest BCUT2D eigenvalue weighted by molar-refractivity contribution is -0.124. The van der Waals surface area contributed by atoms with E-state index in [1.807, 2.05) is 54.3 Å². The number of thioether (sulfide) groups is 1. The van der Waals surface area contributed by atoms with E-state index in [-0.39, 0.29) is 11.9 Å². The SMILES string of the molecule is C=CCc1cc(C=C2SC(=NC3CCCCC3)N(C3CCCCC3)C2=O)cc(OCC)c1OCc1ccc(Cl)cc1. The summed E-state index contributed by atoms with van der Waals surface area (Å²) in [6.07, 6.45) is 16.2. The molecule has 0 aromatic heterocycles. The Balaban J connectivity index is 1.45. The molecule has 0 spiro atoms. The second-order valence-corrected chi connectivity index (χ2v) is 12.6. The molecule has 218 valence electrons. The Morgan fingerprint density at radius 3 is 2.41 bits per heavy atom. The topological polar surface area (TPSA) is 51.1 Å². The molecule has 41 heavy (non-hydrogen) atoms. The van der Waals surface area contributed by atoms with Crippen molar-refractivity contribution in [2.24, 2.45) is 4.99 Å². The Labute approximate surface area is 254 Å². The minimum absolute atomic E-state index is 0.0859. The van der Waals surface area contributed by atoms with Crippen LogP contribution in [0.15, 0.2) is 59.0 Å². The van der Waals surface area contributed by atoms with Crippen LogP contribution in [0.5, 0.6) is 11.5 Å². The molecule has 0 N–H and O–H groups in total. The van der Waals surface area contributed by atoms with Gasteiger partial charge >= 0.3 is 0 Å². The van der Waals surface area contributed by atoms with Gasteiger partial charge in [0, 0.05) is 16.6 Å². The molecule has 7 heteroatoms. The molecule has 3 aliphatic rings. The summed E-state index contributed by atoms with van der Waals surface area (Å²) in [5.74, 6) is 1.46. The van der Waals surface area contributed by atoms with Crippen molar-refractivity contribution in [3.63, 3.8) is 0 Å². The minimum atomic E-state index is 0.0859. The number of halogens is 1. The van der Waals surface area contributed by atoms with Gasteiger partial charge in [0.1, 0.15) is 6.61 Å². The van der Waals surface area contributed by atoms with Crippen LogP contribution in [0.25, 0.3) is 6.08 Å². The average Bonchev–Trinajstić information content (AvgIpc) is 3.28. The van der Waals surface area contributed by atoms with Crippen LogP contribution in [0.3, 0.4) is 0 Å². The first kappa shape index (κ1) is 29.8. The van der Waals surface area contributed by atoms with E-state index in [0.717, 1.165) is 52.4 Å². The third kappa shape index (κ3) is 7.58. The first-order valence-electron chi connectivity index (χ1n) is 15.1. The first-order valence-corrected chi connectivity index (χ1v) is 16.3. The molecule has 0 bridgehead atoms. The molecule has 3 fully saturated rings. The van der Waals surface area contributed by atoms with Crippen molar-refractivity contribution in [2.75, 3.05) is 6.61 Å². The molecule has 2 aliphatic carbocycles. The molecule has 1 saturated heterocycles. The summed E-state index contributed by atoms with van der Waals surface area (Å²) < 4.78 is 12.4. The Hall–Kier alpha value is -2.70. The number of carbonyl (C=O) groups excluding carboxylic acids is 1. The van der Waals surface area contributed by atoms with Gasteiger partial charge in [0.2, 0.25) is 0 Å². The van der Waals surface area contributed by atoms with Crippen LogP contribution >= 0.6 is 23.4 Å². The number of benzene rings is 2. The molecule has 5 rings (SSSR count). The summed E-state index contributed by atoms with van der Waals surface area (Å²) in [5, 5.41) is 1.60. The van der Waals surface area contributed by atoms with Crippen molar-refractivity contribution in [1.29, 1.82) is 0 Å². The lowest BCUT2D eigenvalue weighted by atomic mass is 9.94. The molecule has 2 aromatic rings. The number of amides is 1. The first-order chi connectivity index (χ1) is 20.1. The number of aliphatic imine (C=N–C) groups is 1. The fourth-order valence-electron chi connectivity index (χ4n) is 5.99. The zero-order valence-electron chi connectivity index (χ0n) is 24.1. The lowest BCUT2D eigenvalue weighted by Crippen LogP contribution is -2.41. The molecule has 0 radical (unpaired) electrons. The highest BCUT2D eigenvalue weighted by molar-refractivity contribution is 8.18. The molecule has 2 aromatic carbocycles. The van der Waals surface area contributed by atoms with Gasteiger partial charge in [0.15, 0.2) is 16.7 Å². The maximum absolute atomic E-state index is 13.9. The quantitative estimate of drug-likeness (QED) is 0.204. The van der Waals surface area contributed by atoms with Crippen molar-refractivity contribution >= 4 is 40.5 Å². The van der Waals surface area contributed by atoms with Gasteiger partial charge in [0.25, 0.3) is 5.91 Å². The van der Waals surface area contributed by atoms with Crippen molar-refractivity contribution < 1.29 is 14.3 Å². The van der Waals surface area contributed by atoms with Gasteiger partial charge in [-0.05, 0) is 92.3 Å². The fourth-order valence-corrected chi connectivity index (χ4v) is 7.23. The predicted octanol–water partition coefficient (Wildman–Crippen LogP) is 8.98. The Morgan fingerprint density at radius 2 is 1.73 bits per heavy atom. The Morgan fingerprint density at radius 1 is 1.02 bits per heavy atom. The van der Waals surface area contributed by atoms with Crippen molar-refractivity contribution in [2.45, 2.75) is 96.2 Å². The molecular weight excluding hydrogens is 552 g/mol. The maximum Gasteiger partial charge on any atom is 0.266 e. The monoisotopic (exact) mass is 592 g/mol. The van der Waals surface area contributed by atoms with E-state index < -0.39 is 0 Å². The zero-order valence-corrected chi connectivity index (χ0v) is 25.7. The van der Waals surface area contributed by atoms with Gasteiger partial charge in [-0.25, -0.2) is 0 Å². The molecule has 0 atom stereocenters. The van der Waals surface area contributed by atoms with Crippen LogP contribution in [-0.4, -0.2) is 34.7 Å². The summed E-state index contributed by atoms with van der Waals surface area (Å²) in [5.41, 5.74) is 2.91. The van der Waals surface area contributed by atoms with E-state index in [1.54, 1.807) is 11.8 Å². The van der Waals surface area contributed by atoms with Crippen molar-refractivity contribution in [3.8, 4) is 11.5 Å². The molecule has 1 aliphatic heterocycles. The number of amidine groups is 1. The van der Waals surface area contributed by atoms with Crippen LogP contribution in [0.2, 0.25) is 5.02 Å². The molecule has 1 heterocycles. The van der Waals surface area contributed by atoms with E-state index in [0.29, 0.717) is 42.2 Å². The van der Waals surface area contributed by atoms with Crippen molar-refractivity contribution in [1.82, 2.24) is 4.90 Å². The number of hydrogen-bond donors (Lipinski definition) is 0. The number of carbonyl (C=O) groups is 1. The van der Waals surface area contributed by atoms with Crippen LogP contribution < -0.4 is 9.47 Å². The number of allylic oxidation sites excluding steroid dienone is 1. The molecule has 2 saturated carbocycles. The Kier molecular flexibility index (Phi) is 10.5. The summed E-state index contributed by atoms with van der Waals surface area (Å²) in [6, 6.07) is 12.3. The highest BCUT2D eigenvalue weighted by Gasteiger charge is 2.39. The van der Waals surface area contributed by atoms with Gasteiger partial charge in [-0.15, -0.1) is 6.58 Å². The van der Waals surface area contributed by atoms with E-state index in [2.05, 4.69) is 12.6 Å². The third-order valence-electron chi connectivity index (χ3n) is 8.06. The second-order valence-electron chi connectivity index (χ2n) is 11.1. The average molecular weight is 593 g/mol. The van der Waals surface area contributed by atoms with Gasteiger partial charge in [-0.1, -0.05) is 68.3 Å². The normalized spacial score (nSPS) is 20.6. The van der Waals surface area contributed by atoms with E-state index in [4.69, 9.17) is 26.1 Å². The number of ether oxygens (including phenoxy) is 2. The van der Waals surface area contributed by atoms with Gasteiger partial charge in [0.05, 0.1) is 17.6 Å². The zero-order chi connectivity index (χ0) is 28.6. The molecule has 5 nitrogen and oxygen atoms in total. The van der Waals surface area contributed by atoms with Gasteiger partial charge in [-0.3, -0.25) is 14.7 Å². The Bertz CT molecular complexity index is 1280. The van der Waals surface area contributed by atoms with E-state index in [9.17, 15) is 4.79 Å². The van der Waals surface area contributed by atoms with E-state index in [1.165, 1.54) is 38.5 Å². The standard InChI is InChI=1S/C34H41ClN2O3S/c1-3-11-26-20-25(21-30(39-4-2)32(26)40-23-24-16-18-27(35)19-17-24)22-31-33(38)37(29-14-9-6-10-15-29)34(41-31)36-28-12-7-5-8-13-28/h3,16-22,28-29H,1,4-15,23H2,2H3. The van der Waals surface area contributed by atoms with Crippen LogP contribution in [0.4, 0.5) is 0 Å². The largest absolute Gasteiger partial charge is 0.490 e. The van der Waals surface area contributed by atoms with Crippen LogP contribution in [0.1, 0.15) is 87.8 Å².